The Morgan fingerprint density at radius 2 is 1.68 bits per heavy atom. The fraction of sp³-hybridized carbons (Fsp3) is 0.250. The highest BCUT2D eigenvalue weighted by Gasteiger charge is 2.45. The topological polar surface area (TPSA) is 51.2 Å². The van der Waals surface area contributed by atoms with E-state index in [4.69, 9.17) is 11.6 Å². The molecule has 0 spiro atoms. The van der Waals surface area contributed by atoms with Crippen LogP contribution in [0, 0.1) is 5.82 Å². The zero-order valence-corrected chi connectivity index (χ0v) is 19.3. The van der Waals surface area contributed by atoms with E-state index in [1.165, 1.54) is 12.1 Å². The van der Waals surface area contributed by atoms with Crippen LogP contribution in [-0.4, -0.2) is 29.6 Å². The molecule has 37 heavy (non-hydrogen) atoms. The van der Waals surface area contributed by atoms with Gasteiger partial charge in [-0.05, 0) is 35.4 Å². The van der Waals surface area contributed by atoms with Crippen LogP contribution in [0.5, 0.6) is 5.75 Å². The summed E-state index contributed by atoms with van der Waals surface area (Å²) in [6.45, 7) is 0. The normalized spacial score (nSPS) is 13.8. The lowest BCUT2D eigenvalue weighted by molar-refractivity contribution is -0.253. The number of hydrogen-bond acceptors (Lipinski definition) is 3. The van der Waals surface area contributed by atoms with Gasteiger partial charge in [0, 0.05) is 18.7 Å². The van der Waals surface area contributed by atoms with E-state index in [0.29, 0.717) is 17.7 Å². The Labute approximate surface area is 210 Å². The molecule has 0 aliphatic rings. The van der Waals surface area contributed by atoms with Crippen molar-refractivity contribution in [1.29, 1.82) is 0 Å². The van der Waals surface area contributed by atoms with E-state index in [1.54, 1.807) is 30.3 Å². The molecule has 2 aromatic carbocycles. The number of ether oxygens (including phenoxy) is 1. The van der Waals surface area contributed by atoms with E-state index in [-0.39, 0.29) is 17.1 Å². The van der Waals surface area contributed by atoms with Crippen molar-refractivity contribution < 1.29 is 44.7 Å². The van der Waals surface area contributed by atoms with Crippen molar-refractivity contribution in [2.24, 2.45) is 0 Å². The van der Waals surface area contributed by atoms with Crippen molar-refractivity contribution >= 4 is 17.5 Å². The molecule has 198 valence electrons. The molecule has 13 heteroatoms. The number of alkyl halides is 7. The lowest BCUT2D eigenvalue weighted by Gasteiger charge is -2.36. The number of amides is 1. The maximum atomic E-state index is 14.6. The van der Waals surface area contributed by atoms with E-state index >= 15 is 0 Å². The Hall–Kier alpha value is -3.41. The molecule has 1 aromatic heterocycles. The van der Waals surface area contributed by atoms with Gasteiger partial charge >= 0.3 is 18.7 Å². The highest BCUT2D eigenvalue weighted by Crippen LogP contribution is 2.37. The summed E-state index contributed by atoms with van der Waals surface area (Å²) < 4.78 is 110. The quantitative estimate of drug-likeness (QED) is 0.302. The fourth-order valence-corrected chi connectivity index (χ4v) is 3.70. The minimum Gasteiger partial charge on any atom is -0.428 e. The predicted octanol–water partition coefficient (Wildman–Crippen LogP) is 6.67. The molecule has 1 N–H and O–H groups in total. The molecule has 0 aliphatic carbocycles. The van der Waals surface area contributed by atoms with Gasteiger partial charge in [-0.2, -0.15) is 30.7 Å². The zero-order valence-electron chi connectivity index (χ0n) is 18.5. The van der Waals surface area contributed by atoms with Crippen LogP contribution >= 0.6 is 11.6 Å². The Balaban J connectivity index is 2.25. The molecule has 1 atom stereocenters. The molecule has 1 amide bonds. The molecule has 0 saturated carbocycles. The summed E-state index contributed by atoms with van der Waals surface area (Å²) >= 11 is 5.88. The van der Waals surface area contributed by atoms with Crippen LogP contribution in [0.4, 0.5) is 35.1 Å². The lowest BCUT2D eigenvalue weighted by atomic mass is 9.80. The summed E-state index contributed by atoms with van der Waals surface area (Å²) in [5.41, 5.74) is -2.24. The first-order valence-electron chi connectivity index (χ1n) is 10.4. The average molecular weight is 553 g/mol. The number of nitrogens with zero attached hydrogens (tertiary/aromatic N) is 1. The maximum absolute atomic E-state index is 14.6. The molecule has 3 aromatic rings. The number of hydrogen-bond donors (Lipinski definition) is 1. The molecule has 1 heterocycles. The monoisotopic (exact) mass is 552 g/mol. The fourth-order valence-electron chi connectivity index (χ4n) is 3.59. The van der Waals surface area contributed by atoms with Crippen LogP contribution < -0.4 is 10.1 Å². The Morgan fingerprint density at radius 3 is 2.24 bits per heavy atom. The third-order valence-corrected chi connectivity index (χ3v) is 5.29. The van der Waals surface area contributed by atoms with Crippen molar-refractivity contribution in [2.45, 2.75) is 37.1 Å². The van der Waals surface area contributed by atoms with Gasteiger partial charge in [0.1, 0.15) is 23.5 Å². The minimum absolute atomic E-state index is 0.110. The van der Waals surface area contributed by atoms with E-state index in [2.05, 4.69) is 15.0 Å². The van der Waals surface area contributed by atoms with Gasteiger partial charge in [-0.1, -0.05) is 41.9 Å². The third kappa shape index (κ3) is 7.31. The van der Waals surface area contributed by atoms with Gasteiger partial charge in [-0.25, -0.2) is 4.39 Å². The van der Waals surface area contributed by atoms with E-state index < -0.39 is 53.7 Å². The number of carbonyl (C=O) groups excluding carboxylic acids is 1. The summed E-state index contributed by atoms with van der Waals surface area (Å²) in [7, 11) is 0. The SMILES string of the molecule is O=C(CC(F)(F)F)N[C@@](Cc1ccccc1)(c1cc(F)cc(OC(F)(F)C(F)F)c1)c1ccc(Cl)cn1. The molecule has 0 fully saturated rings. The summed E-state index contributed by atoms with van der Waals surface area (Å²) in [4.78, 5) is 16.6. The van der Waals surface area contributed by atoms with E-state index in [1.807, 2.05) is 0 Å². The molecular formula is C24H17ClF8N2O2. The van der Waals surface area contributed by atoms with Gasteiger partial charge in [0.15, 0.2) is 0 Å². The Morgan fingerprint density at radius 1 is 1.00 bits per heavy atom. The molecule has 3 rings (SSSR count). The smallest absolute Gasteiger partial charge is 0.428 e. The minimum atomic E-state index is -5.01. The van der Waals surface area contributed by atoms with Crippen LogP contribution in [0.3, 0.4) is 0 Å². The first kappa shape index (κ1) is 28.2. The molecule has 4 nitrogen and oxygen atoms in total. The molecule has 0 bridgehead atoms. The molecular weight excluding hydrogens is 536 g/mol. The number of aromatic nitrogens is 1. The highest BCUT2D eigenvalue weighted by atomic mass is 35.5. The Bertz CT molecular complexity index is 1220. The molecule has 0 unspecified atom stereocenters. The van der Waals surface area contributed by atoms with Crippen molar-refractivity contribution in [3.05, 3.63) is 94.5 Å². The second-order valence-corrected chi connectivity index (χ2v) is 8.35. The van der Waals surface area contributed by atoms with E-state index in [0.717, 1.165) is 12.3 Å². The van der Waals surface area contributed by atoms with Crippen molar-refractivity contribution in [3.8, 4) is 5.75 Å². The maximum Gasteiger partial charge on any atom is 0.461 e. The molecule has 0 saturated heterocycles. The summed E-state index contributed by atoms with van der Waals surface area (Å²) in [6.07, 6.45) is -15.4. The van der Waals surface area contributed by atoms with Gasteiger partial charge in [0.05, 0.1) is 10.7 Å². The molecule has 0 radical (unpaired) electrons. The summed E-state index contributed by atoms with van der Waals surface area (Å²) in [5.74, 6) is -3.87. The van der Waals surface area contributed by atoms with Crippen LogP contribution in [0.2, 0.25) is 5.02 Å². The summed E-state index contributed by atoms with van der Waals surface area (Å²) in [6, 6.07) is 12.2. The van der Waals surface area contributed by atoms with Crippen LogP contribution in [0.25, 0.3) is 0 Å². The summed E-state index contributed by atoms with van der Waals surface area (Å²) in [5, 5.41) is 2.32. The molecule has 0 aliphatic heterocycles. The largest absolute Gasteiger partial charge is 0.461 e. The number of rotatable bonds is 9. The first-order chi connectivity index (χ1) is 17.2. The number of nitrogens with one attached hydrogen (secondary N) is 1. The predicted molar refractivity (Wildman–Crippen MR) is 117 cm³/mol. The van der Waals surface area contributed by atoms with Gasteiger partial charge in [0.2, 0.25) is 5.91 Å². The number of halogens is 9. The lowest BCUT2D eigenvalue weighted by Crippen LogP contribution is -2.50. The standard InChI is InChI=1S/C24H17ClF8N2O2/c25-16-6-7-19(34-13-16)22(11-14-4-2-1-3-5-14,35-20(36)12-23(29,30)31)15-8-17(26)10-18(9-15)37-24(32,33)21(27)28/h1-10,13,21H,11-12H2,(H,35,36)/t22-/m0/s1. The van der Waals surface area contributed by atoms with Crippen LogP contribution in [-0.2, 0) is 16.8 Å². The zero-order chi connectivity index (χ0) is 27.4. The van der Waals surface area contributed by atoms with Crippen LogP contribution in [0.15, 0.2) is 66.9 Å². The number of pyridine rings is 1. The third-order valence-electron chi connectivity index (χ3n) is 5.06. The number of benzene rings is 2. The van der Waals surface area contributed by atoms with Gasteiger partial charge < -0.3 is 10.1 Å². The number of carbonyl (C=O) groups is 1. The van der Waals surface area contributed by atoms with Crippen molar-refractivity contribution in [1.82, 2.24) is 10.3 Å². The van der Waals surface area contributed by atoms with Gasteiger partial charge in [-0.3, -0.25) is 9.78 Å². The first-order valence-corrected chi connectivity index (χ1v) is 10.8. The van der Waals surface area contributed by atoms with Crippen molar-refractivity contribution in [3.63, 3.8) is 0 Å². The average Bonchev–Trinajstić information content (AvgIpc) is 2.77. The van der Waals surface area contributed by atoms with Crippen LogP contribution in [0.1, 0.15) is 23.2 Å². The highest BCUT2D eigenvalue weighted by molar-refractivity contribution is 6.30. The van der Waals surface area contributed by atoms with Gasteiger partial charge in [0.25, 0.3) is 0 Å². The second kappa shape index (κ2) is 10.9. The Kier molecular flexibility index (Phi) is 8.31. The van der Waals surface area contributed by atoms with Crippen molar-refractivity contribution in [2.75, 3.05) is 0 Å². The second-order valence-electron chi connectivity index (χ2n) is 7.91. The van der Waals surface area contributed by atoms with E-state index in [9.17, 15) is 39.9 Å². The van der Waals surface area contributed by atoms with Gasteiger partial charge in [-0.15, -0.1) is 0 Å².